The van der Waals surface area contributed by atoms with E-state index in [4.69, 9.17) is 5.26 Å². The van der Waals surface area contributed by atoms with Gasteiger partial charge in [0.15, 0.2) is 0 Å². The monoisotopic (exact) mass is 272 g/mol. The fourth-order valence-electron chi connectivity index (χ4n) is 2.44. The van der Waals surface area contributed by atoms with Crippen molar-refractivity contribution in [3.05, 3.63) is 30.1 Å². The van der Waals surface area contributed by atoms with Gasteiger partial charge in [-0.05, 0) is 37.6 Å². The first-order chi connectivity index (χ1) is 9.69. The van der Waals surface area contributed by atoms with Crippen LogP contribution in [-0.4, -0.2) is 47.4 Å². The highest BCUT2D eigenvalue weighted by atomic mass is 16.2. The molecule has 0 N–H and O–H groups in total. The van der Waals surface area contributed by atoms with Gasteiger partial charge in [-0.2, -0.15) is 5.26 Å². The summed E-state index contributed by atoms with van der Waals surface area (Å²) in [5, 5.41) is 8.86. The van der Waals surface area contributed by atoms with E-state index in [2.05, 4.69) is 11.1 Å². The molecule has 1 fully saturated rings. The van der Waals surface area contributed by atoms with E-state index in [9.17, 15) is 4.79 Å². The van der Waals surface area contributed by atoms with E-state index in [0.717, 1.165) is 24.9 Å². The van der Waals surface area contributed by atoms with Crippen LogP contribution in [0, 0.1) is 17.2 Å². The first kappa shape index (κ1) is 14.5. The molecule has 106 valence electrons. The first-order valence-electron chi connectivity index (χ1n) is 6.94. The van der Waals surface area contributed by atoms with Crippen LogP contribution < -0.4 is 0 Å². The average molecular weight is 272 g/mol. The quantitative estimate of drug-likeness (QED) is 0.828. The van der Waals surface area contributed by atoms with Gasteiger partial charge in [-0.3, -0.25) is 14.7 Å². The predicted octanol–water partition coefficient (Wildman–Crippen LogP) is 1.28. The van der Waals surface area contributed by atoms with Crippen molar-refractivity contribution in [2.75, 3.05) is 26.7 Å². The SMILES string of the molecule is CN(CC(=O)N1CCC(C#N)CC1)Cc1ccncc1. The van der Waals surface area contributed by atoms with Gasteiger partial charge >= 0.3 is 0 Å². The molecule has 0 unspecified atom stereocenters. The molecule has 0 aromatic carbocycles. The summed E-state index contributed by atoms with van der Waals surface area (Å²) in [5.41, 5.74) is 1.15. The minimum Gasteiger partial charge on any atom is -0.341 e. The number of hydrogen-bond acceptors (Lipinski definition) is 4. The van der Waals surface area contributed by atoms with Gasteiger partial charge in [-0.25, -0.2) is 0 Å². The summed E-state index contributed by atoms with van der Waals surface area (Å²) in [4.78, 5) is 20.0. The van der Waals surface area contributed by atoms with Crippen LogP contribution in [0.3, 0.4) is 0 Å². The van der Waals surface area contributed by atoms with Crippen LogP contribution in [0.2, 0.25) is 0 Å². The zero-order valence-electron chi connectivity index (χ0n) is 11.8. The molecule has 0 aliphatic carbocycles. The largest absolute Gasteiger partial charge is 0.341 e. The number of pyridine rings is 1. The minimum atomic E-state index is 0.119. The van der Waals surface area contributed by atoms with E-state index in [0.29, 0.717) is 19.6 Å². The van der Waals surface area contributed by atoms with E-state index in [1.807, 2.05) is 29.0 Å². The number of carbonyl (C=O) groups excluding carboxylic acids is 1. The van der Waals surface area contributed by atoms with Gasteiger partial charge in [0.05, 0.1) is 12.6 Å². The fourth-order valence-corrected chi connectivity index (χ4v) is 2.44. The molecule has 1 saturated heterocycles. The van der Waals surface area contributed by atoms with Gasteiger partial charge in [-0.1, -0.05) is 0 Å². The van der Waals surface area contributed by atoms with Crippen LogP contribution in [0.25, 0.3) is 0 Å². The maximum Gasteiger partial charge on any atom is 0.236 e. The number of rotatable bonds is 4. The third-order valence-corrected chi connectivity index (χ3v) is 3.64. The number of nitrogens with zero attached hydrogens (tertiary/aromatic N) is 4. The van der Waals surface area contributed by atoms with Crippen molar-refractivity contribution >= 4 is 5.91 Å². The Kier molecular flexibility index (Phi) is 5.08. The highest BCUT2D eigenvalue weighted by Gasteiger charge is 2.22. The Balaban J connectivity index is 1.78. The molecule has 1 amide bonds. The lowest BCUT2D eigenvalue weighted by molar-refractivity contribution is -0.133. The Morgan fingerprint density at radius 2 is 2.10 bits per heavy atom. The van der Waals surface area contributed by atoms with E-state index < -0.39 is 0 Å². The van der Waals surface area contributed by atoms with Crippen molar-refractivity contribution in [3.63, 3.8) is 0 Å². The zero-order chi connectivity index (χ0) is 14.4. The van der Waals surface area contributed by atoms with Gasteiger partial charge in [0.2, 0.25) is 5.91 Å². The van der Waals surface area contributed by atoms with E-state index in [-0.39, 0.29) is 11.8 Å². The Bertz CT molecular complexity index is 474. The average Bonchev–Trinajstić information content (AvgIpc) is 2.48. The number of likely N-dealkylation sites (N-methyl/N-ethyl adjacent to an activating group) is 1. The Labute approximate surface area is 119 Å². The molecule has 0 atom stereocenters. The molecule has 2 heterocycles. The second-order valence-electron chi connectivity index (χ2n) is 5.31. The number of carbonyl (C=O) groups is 1. The lowest BCUT2D eigenvalue weighted by atomic mass is 9.98. The Hall–Kier alpha value is -1.93. The van der Waals surface area contributed by atoms with E-state index >= 15 is 0 Å². The summed E-state index contributed by atoms with van der Waals surface area (Å²) < 4.78 is 0. The molecule has 1 aromatic heterocycles. The zero-order valence-corrected chi connectivity index (χ0v) is 11.8. The molecule has 1 aliphatic rings. The van der Waals surface area contributed by atoms with Gasteiger partial charge < -0.3 is 4.90 Å². The van der Waals surface area contributed by atoms with Crippen LogP contribution in [-0.2, 0) is 11.3 Å². The summed E-state index contributed by atoms with van der Waals surface area (Å²) in [6, 6.07) is 6.20. The third kappa shape index (κ3) is 4.04. The summed E-state index contributed by atoms with van der Waals surface area (Å²) in [7, 11) is 1.94. The molecule has 0 bridgehead atoms. The van der Waals surface area contributed by atoms with Crippen molar-refractivity contribution in [2.24, 2.45) is 5.92 Å². The second kappa shape index (κ2) is 7.01. The minimum absolute atomic E-state index is 0.119. The van der Waals surface area contributed by atoms with Crippen LogP contribution in [0.15, 0.2) is 24.5 Å². The molecule has 1 aromatic rings. The highest BCUT2D eigenvalue weighted by molar-refractivity contribution is 5.78. The molecule has 5 nitrogen and oxygen atoms in total. The molecule has 2 rings (SSSR count). The second-order valence-corrected chi connectivity index (χ2v) is 5.31. The molecule has 0 radical (unpaired) electrons. The van der Waals surface area contributed by atoms with Gasteiger partial charge in [-0.15, -0.1) is 0 Å². The highest BCUT2D eigenvalue weighted by Crippen LogP contribution is 2.16. The third-order valence-electron chi connectivity index (χ3n) is 3.64. The molecule has 5 heteroatoms. The number of likely N-dealkylation sites (tertiary alicyclic amines) is 1. The van der Waals surface area contributed by atoms with Crippen LogP contribution in [0.5, 0.6) is 0 Å². The van der Waals surface area contributed by atoms with Crippen molar-refractivity contribution in [2.45, 2.75) is 19.4 Å². The van der Waals surface area contributed by atoms with Gasteiger partial charge in [0, 0.05) is 37.9 Å². The Morgan fingerprint density at radius 1 is 1.45 bits per heavy atom. The fraction of sp³-hybridized carbons (Fsp3) is 0.533. The van der Waals surface area contributed by atoms with Crippen LogP contribution in [0.1, 0.15) is 18.4 Å². The number of piperidine rings is 1. The van der Waals surface area contributed by atoms with E-state index in [1.165, 1.54) is 0 Å². The number of aromatic nitrogens is 1. The molecule has 1 aliphatic heterocycles. The van der Waals surface area contributed by atoms with Gasteiger partial charge in [0.25, 0.3) is 0 Å². The van der Waals surface area contributed by atoms with E-state index in [1.54, 1.807) is 12.4 Å². The normalized spacial score (nSPS) is 16.1. The summed E-state index contributed by atoms with van der Waals surface area (Å²) in [6.07, 6.45) is 5.13. The smallest absolute Gasteiger partial charge is 0.236 e. The van der Waals surface area contributed by atoms with Crippen LogP contribution >= 0.6 is 0 Å². The first-order valence-corrected chi connectivity index (χ1v) is 6.94. The topological polar surface area (TPSA) is 60.2 Å². The standard InChI is InChI=1S/C15H20N4O/c1-18(11-14-2-6-17-7-3-14)12-15(20)19-8-4-13(10-16)5-9-19/h2-3,6-7,13H,4-5,8-9,11-12H2,1H3. The molecular weight excluding hydrogens is 252 g/mol. The van der Waals surface area contributed by atoms with Crippen molar-refractivity contribution in [3.8, 4) is 6.07 Å². The Morgan fingerprint density at radius 3 is 2.70 bits per heavy atom. The molecule has 20 heavy (non-hydrogen) atoms. The van der Waals surface area contributed by atoms with Crippen molar-refractivity contribution in [1.82, 2.24) is 14.8 Å². The number of hydrogen-bond donors (Lipinski definition) is 0. The molecule has 0 saturated carbocycles. The van der Waals surface area contributed by atoms with Crippen molar-refractivity contribution < 1.29 is 4.79 Å². The maximum atomic E-state index is 12.2. The predicted molar refractivity (Wildman–Crippen MR) is 75.5 cm³/mol. The summed E-state index contributed by atoms with van der Waals surface area (Å²) in [5.74, 6) is 0.270. The number of nitriles is 1. The molecular formula is C15H20N4O. The van der Waals surface area contributed by atoms with Crippen molar-refractivity contribution in [1.29, 1.82) is 5.26 Å². The van der Waals surface area contributed by atoms with Crippen LogP contribution in [0.4, 0.5) is 0 Å². The maximum absolute atomic E-state index is 12.2. The number of amides is 1. The lowest BCUT2D eigenvalue weighted by Crippen LogP contribution is -2.43. The molecule has 0 spiro atoms. The summed E-state index contributed by atoms with van der Waals surface area (Å²) >= 11 is 0. The lowest BCUT2D eigenvalue weighted by Gasteiger charge is -2.30. The summed E-state index contributed by atoms with van der Waals surface area (Å²) in [6.45, 7) is 2.57. The van der Waals surface area contributed by atoms with Gasteiger partial charge in [0.1, 0.15) is 0 Å².